The van der Waals surface area contributed by atoms with Crippen LogP contribution in [0.4, 0.5) is 0 Å². The predicted molar refractivity (Wildman–Crippen MR) is 83.1 cm³/mol. The molecule has 1 N–H and O–H groups in total. The SMILES string of the molecule is COc1ccc(CN2CCN(C3CNC3)CC2)cc1OC. The lowest BCUT2D eigenvalue weighted by atomic mass is 10.1. The van der Waals surface area contributed by atoms with Crippen molar-refractivity contribution in [1.29, 1.82) is 0 Å². The topological polar surface area (TPSA) is 37.0 Å². The van der Waals surface area contributed by atoms with Crippen LogP contribution in [-0.2, 0) is 6.54 Å². The smallest absolute Gasteiger partial charge is 0.161 e. The van der Waals surface area contributed by atoms with Gasteiger partial charge in [-0.3, -0.25) is 9.80 Å². The number of benzene rings is 1. The van der Waals surface area contributed by atoms with Crippen LogP contribution in [0.15, 0.2) is 18.2 Å². The molecule has 2 heterocycles. The first-order valence-corrected chi connectivity index (χ1v) is 7.68. The molecule has 2 aliphatic heterocycles. The molecule has 5 nitrogen and oxygen atoms in total. The highest BCUT2D eigenvalue weighted by atomic mass is 16.5. The van der Waals surface area contributed by atoms with E-state index in [1.807, 2.05) is 6.07 Å². The Morgan fingerprint density at radius 2 is 1.76 bits per heavy atom. The quantitative estimate of drug-likeness (QED) is 0.868. The van der Waals surface area contributed by atoms with Crippen molar-refractivity contribution in [1.82, 2.24) is 15.1 Å². The van der Waals surface area contributed by atoms with E-state index in [2.05, 4.69) is 27.2 Å². The number of piperazine rings is 1. The minimum atomic E-state index is 0.772. The summed E-state index contributed by atoms with van der Waals surface area (Å²) in [5, 5.41) is 3.35. The molecule has 0 bridgehead atoms. The normalized spacial score (nSPS) is 21.0. The molecule has 1 aromatic carbocycles. The molecule has 3 rings (SSSR count). The average Bonchev–Trinajstić information content (AvgIpc) is 2.47. The Kier molecular flexibility index (Phi) is 4.63. The Balaban J connectivity index is 1.55. The van der Waals surface area contributed by atoms with Crippen molar-refractivity contribution in [3.8, 4) is 11.5 Å². The first kappa shape index (κ1) is 14.6. The minimum Gasteiger partial charge on any atom is -0.493 e. The highest BCUT2D eigenvalue weighted by Crippen LogP contribution is 2.28. The standard InChI is InChI=1S/C16H25N3O2/c1-20-15-4-3-13(9-16(15)21-2)12-18-5-7-19(8-6-18)14-10-17-11-14/h3-4,9,14,17H,5-8,10-12H2,1-2H3. The van der Waals surface area contributed by atoms with Crippen molar-refractivity contribution in [3.63, 3.8) is 0 Å². The Hall–Kier alpha value is -1.30. The summed E-state index contributed by atoms with van der Waals surface area (Å²) >= 11 is 0. The van der Waals surface area contributed by atoms with Gasteiger partial charge in [0, 0.05) is 51.9 Å². The molecule has 0 spiro atoms. The zero-order valence-electron chi connectivity index (χ0n) is 13.0. The van der Waals surface area contributed by atoms with Gasteiger partial charge in [-0.05, 0) is 17.7 Å². The van der Waals surface area contributed by atoms with Gasteiger partial charge in [-0.25, -0.2) is 0 Å². The average molecular weight is 291 g/mol. The van der Waals surface area contributed by atoms with E-state index < -0.39 is 0 Å². The minimum absolute atomic E-state index is 0.772. The number of nitrogens with one attached hydrogen (secondary N) is 1. The van der Waals surface area contributed by atoms with Gasteiger partial charge in [-0.1, -0.05) is 6.07 Å². The summed E-state index contributed by atoms with van der Waals surface area (Å²) in [7, 11) is 3.36. The number of methoxy groups -OCH3 is 2. The van der Waals surface area contributed by atoms with Gasteiger partial charge in [-0.2, -0.15) is 0 Å². The van der Waals surface area contributed by atoms with Crippen LogP contribution in [0.5, 0.6) is 11.5 Å². The van der Waals surface area contributed by atoms with E-state index in [1.54, 1.807) is 14.2 Å². The van der Waals surface area contributed by atoms with E-state index in [0.29, 0.717) is 0 Å². The van der Waals surface area contributed by atoms with Crippen LogP contribution >= 0.6 is 0 Å². The van der Waals surface area contributed by atoms with E-state index in [9.17, 15) is 0 Å². The van der Waals surface area contributed by atoms with Crippen molar-refractivity contribution in [2.45, 2.75) is 12.6 Å². The molecule has 0 unspecified atom stereocenters. The molecule has 2 saturated heterocycles. The van der Waals surface area contributed by atoms with E-state index in [4.69, 9.17) is 9.47 Å². The Morgan fingerprint density at radius 3 is 2.33 bits per heavy atom. The van der Waals surface area contributed by atoms with Crippen LogP contribution in [0.1, 0.15) is 5.56 Å². The van der Waals surface area contributed by atoms with E-state index in [1.165, 1.54) is 18.7 Å². The molecule has 5 heteroatoms. The summed E-state index contributed by atoms with van der Waals surface area (Å²) in [6.45, 7) is 7.96. The molecular formula is C16H25N3O2. The van der Waals surface area contributed by atoms with Crippen molar-refractivity contribution >= 4 is 0 Å². The molecule has 0 amide bonds. The number of rotatable bonds is 5. The van der Waals surface area contributed by atoms with Crippen LogP contribution < -0.4 is 14.8 Å². The highest BCUT2D eigenvalue weighted by molar-refractivity contribution is 5.42. The highest BCUT2D eigenvalue weighted by Gasteiger charge is 2.27. The molecular weight excluding hydrogens is 266 g/mol. The van der Waals surface area contributed by atoms with Crippen molar-refractivity contribution in [2.24, 2.45) is 0 Å². The summed E-state index contributed by atoms with van der Waals surface area (Å²) in [4.78, 5) is 5.13. The molecule has 0 saturated carbocycles. The van der Waals surface area contributed by atoms with Crippen LogP contribution in [0.25, 0.3) is 0 Å². The Morgan fingerprint density at radius 1 is 1.05 bits per heavy atom. The van der Waals surface area contributed by atoms with E-state index in [0.717, 1.165) is 50.3 Å². The maximum atomic E-state index is 5.38. The molecule has 2 fully saturated rings. The lowest BCUT2D eigenvalue weighted by Gasteiger charge is -2.43. The fraction of sp³-hybridized carbons (Fsp3) is 0.625. The lowest BCUT2D eigenvalue weighted by Crippen LogP contribution is -2.61. The first-order valence-electron chi connectivity index (χ1n) is 7.68. The molecule has 0 atom stereocenters. The van der Waals surface area contributed by atoms with Gasteiger partial charge >= 0.3 is 0 Å². The summed E-state index contributed by atoms with van der Waals surface area (Å²) in [6, 6.07) is 6.97. The molecule has 0 aliphatic carbocycles. The Bertz CT molecular complexity index is 469. The van der Waals surface area contributed by atoms with Crippen LogP contribution in [0.3, 0.4) is 0 Å². The second-order valence-corrected chi connectivity index (χ2v) is 5.81. The monoisotopic (exact) mass is 291 g/mol. The molecule has 1 aromatic rings. The molecule has 0 radical (unpaired) electrons. The van der Waals surface area contributed by atoms with Gasteiger partial charge in [-0.15, -0.1) is 0 Å². The van der Waals surface area contributed by atoms with Gasteiger partial charge < -0.3 is 14.8 Å². The van der Waals surface area contributed by atoms with Crippen LogP contribution in [0, 0.1) is 0 Å². The predicted octanol–water partition coefficient (Wildman–Crippen LogP) is 0.793. The van der Waals surface area contributed by atoms with Crippen LogP contribution in [0.2, 0.25) is 0 Å². The number of ether oxygens (including phenoxy) is 2. The summed E-state index contributed by atoms with van der Waals surface area (Å²) < 4.78 is 10.7. The molecule has 2 aliphatic rings. The summed E-state index contributed by atoms with van der Waals surface area (Å²) in [6.07, 6.45) is 0. The third-order valence-corrected chi connectivity index (χ3v) is 4.54. The maximum Gasteiger partial charge on any atom is 0.161 e. The largest absolute Gasteiger partial charge is 0.493 e. The van der Waals surface area contributed by atoms with Crippen molar-refractivity contribution < 1.29 is 9.47 Å². The third-order valence-electron chi connectivity index (χ3n) is 4.54. The van der Waals surface area contributed by atoms with Gasteiger partial charge in [0.2, 0.25) is 0 Å². The maximum absolute atomic E-state index is 5.38. The number of hydrogen-bond donors (Lipinski definition) is 1. The molecule has 0 aromatic heterocycles. The zero-order valence-corrected chi connectivity index (χ0v) is 13.0. The Labute approximate surface area is 126 Å². The third kappa shape index (κ3) is 3.31. The number of nitrogens with zero attached hydrogens (tertiary/aromatic N) is 2. The second kappa shape index (κ2) is 6.64. The van der Waals surface area contributed by atoms with Crippen molar-refractivity contribution in [2.75, 3.05) is 53.5 Å². The fourth-order valence-corrected chi connectivity index (χ4v) is 3.06. The summed E-state index contributed by atoms with van der Waals surface area (Å²) in [5.41, 5.74) is 1.28. The van der Waals surface area contributed by atoms with E-state index in [-0.39, 0.29) is 0 Å². The molecule has 21 heavy (non-hydrogen) atoms. The van der Waals surface area contributed by atoms with E-state index >= 15 is 0 Å². The van der Waals surface area contributed by atoms with Gasteiger partial charge in [0.1, 0.15) is 0 Å². The van der Waals surface area contributed by atoms with Gasteiger partial charge in [0.25, 0.3) is 0 Å². The fourth-order valence-electron chi connectivity index (χ4n) is 3.06. The molecule has 116 valence electrons. The van der Waals surface area contributed by atoms with Crippen LogP contribution in [-0.4, -0.2) is 69.3 Å². The van der Waals surface area contributed by atoms with Crippen molar-refractivity contribution in [3.05, 3.63) is 23.8 Å². The van der Waals surface area contributed by atoms with Gasteiger partial charge in [0.15, 0.2) is 11.5 Å². The summed E-state index contributed by atoms with van der Waals surface area (Å²) in [5.74, 6) is 1.61. The number of hydrogen-bond acceptors (Lipinski definition) is 5. The first-order chi connectivity index (χ1) is 10.3. The zero-order chi connectivity index (χ0) is 14.7. The van der Waals surface area contributed by atoms with Gasteiger partial charge in [0.05, 0.1) is 14.2 Å². The lowest BCUT2D eigenvalue weighted by molar-refractivity contribution is 0.0695. The second-order valence-electron chi connectivity index (χ2n) is 5.81.